The van der Waals surface area contributed by atoms with Crippen LogP contribution in [-0.2, 0) is 5.75 Å². The molecule has 1 aliphatic rings. The zero-order valence-electron chi connectivity index (χ0n) is 16.3. The van der Waals surface area contributed by atoms with Crippen molar-refractivity contribution in [2.24, 2.45) is 0 Å². The number of amides is 1. The third-order valence-electron chi connectivity index (χ3n) is 4.78. The summed E-state index contributed by atoms with van der Waals surface area (Å²) < 4.78 is 0. The molecule has 0 bridgehead atoms. The van der Waals surface area contributed by atoms with Gasteiger partial charge in [0.1, 0.15) is 0 Å². The minimum Gasteiger partial charge on any atom is -0.362 e. The van der Waals surface area contributed by atoms with Gasteiger partial charge in [0.05, 0.1) is 0 Å². The Kier molecular flexibility index (Phi) is 8.65. The summed E-state index contributed by atoms with van der Waals surface area (Å²) in [7, 11) is 0. The molecule has 1 amide bonds. The third-order valence-corrected chi connectivity index (χ3v) is 6.40. The molecule has 1 fully saturated rings. The summed E-state index contributed by atoms with van der Waals surface area (Å²) in [6.45, 7) is 2.50. The lowest BCUT2D eigenvalue weighted by Gasteiger charge is -2.26. The Balaban J connectivity index is 1.37. The molecule has 0 aromatic heterocycles. The molecule has 4 nitrogen and oxygen atoms in total. The largest absolute Gasteiger partial charge is 0.362 e. The molecular formula is C22H26ClN3OS2. The number of thioether (sulfide) groups is 1. The normalized spacial score (nSPS) is 13.8. The molecule has 0 spiro atoms. The minimum atomic E-state index is 0.118. The molecule has 1 aliphatic heterocycles. The summed E-state index contributed by atoms with van der Waals surface area (Å²) in [6, 6.07) is 15.4. The number of rotatable bonds is 7. The fraction of sp³-hybridized carbons (Fsp3) is 0.364. The summed E-state index contributed by atoms with van der Waals surface area (Å²) in [5, 5.41) is 7.78. The number of halogens is 1. The standard InChI is InChI=1S/C22H26ClN3OS2/c23-20-7-3-2-6-18(20)16-29-15-12-24-22(28)25-19-10-8-17(9-11-19)21(27)26-13-4-1-5-14-26/h2-3,6-11H,1,4-5,12-16H2,(H2,24,25,28). The SMILES string of the molecule is O=C(c1ccc(NC(=S)NCCSCc2ccccc2Cl)cc1)N1CCCCC1. The Morgan fingerprint density at radius 1 is 1.07 bits per heavy atom. The van der Waals surface area contributed by atoms with Crippen LogP contribution in [0.5, 0.6) is 0 Å². The number of thiocarbonyl (C=S) groups is 1. The highest BCUT2D eigenvalue weighted by Crippen LogP contribution is 2.20. The van der Waals surface area contributed by atoms with Crippen molar-refractivity contribution in [3.8, 4) is 0 Å². The molecule has 3 rings (SSSR count). The molecule has 0 saturated carbocycles. The van der Waals surface area contributed by atoms with Gasteiger partial charge in [0, 0.05) is 47.4 Å². The first-order valence-corrected chi connectivity index (χ1v) is 11.8. The Hall–Kier alpha value is -1.76. The van der Waals surface area contributed by atoms with Gasteiger partial charge in [0.2, 0.25) is 0 Å². The van der Waals surface area contributed by atoms with E-state index < -0.39 is 0 Å². The van der Waals surface area contributed by atoms with Gasteiger partial charge in [-0.15, -0.1) is 0 Å². The first kappa shape index (κ1) is 21.9. The van der Waals surface area contributed by atoms with Gasteiger partial charge in [-0.1, -0.05) is 29.8 Å². The number of anilines is 1. The quantitative estimate of drug-likeness (QED) is 0.452. The van der Waals surface area contributed by atoms with E-state index in [9.17, 15) is 4.79 Å². The van der Waals surface area contributed by atoms with Crippen LogP contribution in [0.1, 0.15) is 35.2 Å². The molecule has 0 atom stereocenters. The molecule has 2 aromatic carbocycles. The molecule has 0 radical (unpaired) electrons. The van der Waals surface area contributed by atoms with Gasteiger partial charge in [-0.3, -0.25) is 4.79 Å². The number of piperidine rings is 1. The number of nitrogens with one attached hydrogen (secondary N) is 2. The van der Waals surface area contributed by atoms with Crippen LogP contribution in [0.4, 0.5) is 5.69 Å². The maximum absolute atomic E-state index is 12.5. The van der Waals surface area contributed by atoms with E-state index in [2.05, 4.69) is 16.7 Å². The van der Waals surface area contributed by atoms with Crippen molar-refractivity contribution in [1.29, 1.82) is 0 Å². The Bertz CT molecular complexity index is 823. The predicted molar refractivity (Wildman–Crippen MR) is 128 cm³/mol. The van der Waals surface area contributed by atoms with Crippen molar-refractivity contribution < 1.29 is 4.79 Å². The summed E-state index contributed by atoms with van der Waals surface area (Å²) in [5.41, 5.74) is 2.76. The highest BCUT2D eigenvalue weighted by Gasteiger charge is 2.17. The van der Waals surface area contributed by atoms with Crippen molar-refractivity contribution >= 4 is 52.3 Å². The average Bonchev–Trinajstić information content (AvgIpc) is 2.75. The van der Waals surface area contributed by atoms with Crippen LogP contribution < -0.4 is 10.6 Å². The molecule has 1 saturated heterocycles. The minimum absolute atomic E-state index is 0.118. The first-order valence-electron chi connectivity index (χ1n) is 9.89. The number of benzene rings is 2. The highest BCUT2D eigenvalue weighted by atomic mass is 35.5. The third kappa shape index (κ3) is 6.91. The molecule has 0 unspecified atom stereocenters. The van der Waals surface area contributed by atoms with Gasteiger partial charge in [-0.2, -0.15) is 11.8 Å². The van der Waals surface area contributed by atoms with Crippen LogP contribution in [0, 0.1) is 0 Å². The highest BCUT2D eigenvalue weighted by molar-refractivity contribution is 7.98. The van der Waals surface area contributed by atoms with Gasteiger partial charge >= 0.3 is 0 Å². The van der Waals surface area contributed by atoms with Crippen LogP contribution >= 0.6 is 35.6 Å². The Labute approximate surface area is 187 Å². The monoisotopic (exact) mass is 447 g/mol. The smallest absolute Gasteiger partial charge is 0.253 e. The maximum atomic E-state index is 12.5. The molecular weight excluding hydrogens is 422 g/mol. The summed E-state index contributed by atoms with van der Waals surface area (Å²) in [4.78, 5) is 14.5. The van der Waals surface area contributed by atoms with E-state index in [4.69, 9.17) is 23.8 Å². The molecule has 154 valence electrons. The lowest BCUT2D eigenvalue weighted by molar-refractivity contribution is 0.0724. The van der Waals surface area contributed by atoms with Crippen LogP contribution in [0.15, 0.2) is 48.5 Å². The van der Waals surface area contributed by atoms with Gasteiger partial charge in [0.25, 0.3) is 5.91 Å². The molecule has 2 aromatic rings. The van der Waals surface area contributed by atoms with E-state index >= 15 is 0 Å². The average molecular weight is 448 g/mol. The lowest BCUT2D eigenvalue weighted by atomic mass is 10.1. The van der Waals surface area contributed by atoms with E-state index in [0.717, 1.165) is 65.8 Å². The molecule has 29 heavy (non-hydrogen) atoms. The van der Waals surface area contributed by atoms with Gasteiger partial charge in [0.15, 0.2) is 5.11 Å². The molecule has 2 N–H and O–H groups in total. The zero-order valence-corrected chi connectivity index (χ0v) is 18.7. The van der Waals surface area contributed by atoms with Crippen molar-refractivity contribution in [2.45, 2.75) is 25.0 Å². The van der Waals surface area contributed by atoms with E-state index in [1.54, 1.807) is 0 Å². The summed E-state index contributed by atoms with van der Waals surface area (Å²) >= 11 is 13.3. The second-order valence-electron chi connectivity index (χ2n) is 6.96. The number of hydrogen-bond donors (Lipinski definition) is 2. The van der Waals surface area contributed by atoms with Crippen molar-refractivity contribution in [3.63, 3.8) is 0 Å². The zero-order chi connectivity index (χ0) is 20.5. The van der Waals surface area contributed by atoms with Crippen molar-refractivity contribution in [1.82, 2.24) is 10.2 Å². The van der Waals surface area contributed by atoms with Crippen molar-refractivity contribution in [3.05, 3.63) is 64.7 Å². The molecule has 7 heteroatoms. The summed E-state index contributed by atoms with van der Waals surface area (Å²) in [6.07, 6.45) is 3.42. The van der Waals surface area contributed by atoms with Gasteiger partial charge in [-0.25, -0.2) is 0 Å². The number of carbonyl (C=O) groups is 1. The van der Waals surface area contributed by atoms with Crippen molar-refractivity contribution in [2.75, 3.05) is 30.7 Å². The second kappa shape index (κ2) is 11.4. The molecule has 0 aliphatic carbocycles. The maximum Gasteiger partial charge on any atom is 0.253 e. The summed E-state index contributed by atoms with van der Waals surface area (Å²) in [5.74, 6) is 1.93. The second-order valence-corrected chi connectivity index (χ2v) is 8.88. The topological polar surface area (TPSA) is 44.4 Å². The van der Waals surface area contributed by atoms with E-state index in [-0.39, 0.29) is 5.91 Å². The van der Waals surface area contributed by atoms with Crippen LogP contribution in [0.25, 0.3) is 0 Å². The first-order chi connectivity index (χ1) is 14.1. The van der Waals surface area contributed by atoms with E-state index in [1.165, 1.54) is 6.42 Å². The van der Waals surface area contributed by atoms with Gasteiger partial charge in [-0.05, 0) is 67.4 Å². The predicted octanol–water partition coefficient (Wildman–Crippen LogP) is 5.19. The van der Waals surface area contributed by atoms with Gasteiger partial charge < -0.3 is 15.5 Å². The fourth-order valence-corrected chi connectivity index (χ4v) is 4.55. The van der Waals surface area contributed by atoms with E-state index in [1.807, 2.05) is 59.1 Å². The number of hydrogen-bond acceptors (Lipinski definition) is 3. The van der Waals surface area contributed by atoms with Crippen LogP contribution in [0.2, 0.25) is 5.02 Å². The Morgan fingerprint density at radius 3 is 2.52 bits per heavy atom. The van der Waals surface area contributed by atoms with Crippen LogP contribution in [0.3, 0.4) is 0 Å². The fourth-order valence-electron chi connectivity index (χ4n) is 3.19. The Morgan fingerprint density at radius 2 is 1.79 bits per heavy atom. The number of likely N-dealkylation sites (tertiary alicyclic amines) is 1. The lowest BCUT2D eigenvalue weighted by Crippen LogP contribution is -2.35. The van der Waals surface area contributed by atoms with Crippen LogP contribution in [-0.4, -0.2) is 41.3 Å². The number of nitrogens with zero attached hydrogens (tertiary/aromatic N) is 1. The molecule has 1 heterocycles. The number of carbonyl (C=O) groups excluding carboxylic acids is 1. The van der Waals surface area contributed by atoms with E-state index in [0.29, 0.717) is 5.11 Å².